The number of halogens is 2. The predicted octanol–water partition coefficient (Wildman–Crippen LogP) is 1.91. The molecule has 1 aromatic rings. The van der Waals surface area contributed by atoms with Crippen molar-refractivity contribution in [3.63, 3.8) is 0 Å². The summed E-state index contributed by atoms with van der Waals surface area (Å²) in [6, 6.07) is 3.22. The maximum absolute atomic E-state index is 13.4. The normalized spacial score (nSPS) is 17.1. The van der Waals surface area contributed by atoms with Crippen molar-refractivity contribution in [1.82, 2.24) is 6.15 Å². The molecule has 1 aromatic carbocycles. The summed E-state index contributed by atoms with van der Waals surface area (Å²) in [4.78, 5) is 4.96. The molecule has 1 heterocycles. The molecule has 20 heavy (non-hydrogen) atoms. The predicted molar refractivity (Wildman–Crippen MR) is 68.3 cm³/mol. The van der Waals surface area contributed by atoms with Crippen molar-refractivity contribution < 1.29 is 22.0 Å². The van der Waals surface area contributed by atoms with Gasteiger partial charge in [0.1, 0.15) is 17.2 Å². The number of nitrogens with zero attached hydrogens (tertiary/aromatic N) is 2. The van der Waals surface area contributed by atoms with Gasteiger partial charge >= 0.3 is 0 Å². The summed E-state index contributed by atoms with van der Waals surface area (Å²) < 4.78 is 51.0. The molecule has 8 heteroatoms. The van der Waals surface area contributed by atoms with Crippen molar-refractivity contribution in [1.29, 1.82) is 0 Å². The standard InChI is InChI=1S/C12H13F2NO3S.N/c1-12(2)6-11(15-18-12)19(16,17)7-8-9(13)4-3-5-10(8)14;/h3-5H,6-7H2,1-2H3;. The third kappa shape index (κ3) is 3.31. The molecule has 5 nitrogen and oxygen atoms in total. The van der Waals surface area contributed by atoms with Crippen LogP contribution in [0.4, 0.5) is 8.78 Å². The molecule has 0 fully saturated rings. The molecular weight excluding hydrogens is 290 g/mol. The van der Waals surface area contributed by atoms with E-state index in [4.69, 9.17) is 4.84 Å². The van der Waals surface area contributed by atoms with Crippen molar-refractivity contribution in [3.8, 4) is 0 Å². The molecule has 3 radical (unpaired) electrons. The topological polar surface area (TPSA) is 86.2 Å². The van der Waals surface area contributed by atoms with Crippen molar-refractivity contribution >= 4 is 14.9 Å². The first-order chi connectivity index (χ1) is 8.71. The highest BCUT2D eigenvalue weighted by molar-refractivity contribution is 8.05. The first kappa shape index (κ1) is 16.5. The fraction of sp³-hybridized carbons (Fsp3) is 0.417. The monoisotopic (exact) mass is 303 g/mol. The van der Waals surface area contributed by atoms with E-state index in [0.29, 0.717) is 0 Å². The third-order valence-electron chi connectivity index (χ3n) is 2.73. The first-order valence-corrected chi connectivity index (χ1v) is 7.27. The number of benzene rings is 1. The van der Waals surface area contributed by atoms with Gasteiger partial charge in [0.05, 0.1) is 5.75 Å². The van der Waals surface area contributed by atoms with Gasteiger partial charge in [-0.1, -0.05) is 11.2 Å². The Morgan fingerprint density at radius 1 is 1.30 bits per heavy atom. The lowest BCUT2D eigenvalue weighted by Gasteiger charge is -2.13. The molecule has 0 aromatic heterocycles. The SMILES string of the molecule is CC1(C)CC(S(=O)(=O)Cc2c(F)cccc2F)=NO1.[N]. The minimum atomic E-state index is -3.88. The van der Waals surface area contributed by atoms with Crippen LogP contribution in [0, 0.1) is 11.6 Å². The number of oxime groups is 1. The summed E-state index contributed by atoms with van der Waals surface area (Å²) in [5.74, 6) is -2.53. The minimum absolute atomic E-state index is 0. The van der Waals surface area contributed by atoms with Gasteiger partial charge in [0.2, 0.25) is 0 Å². The largest absolute Gasteiger partial charge is 0.389 e. The van der Waals surface area contributed by atoms with E-state index >= 15 is 0 Å². The number of hydrogen-bond acceptors (Lipinski definition) is 4. The smallest absolute Gasteiger partial charge is 0.199 e. The van der Waals surface area contributed by atoms with Gasteiger partial charge < -0.3 is 4.84 Å². The van der Waals surface area contributed by atoms with E-state index in [-0.39, 0.29) is 17.6 Å². The second-order valence-corrected chi connectivity index (χ2v) is 6.96. The lowest BCUT2D eigenvalue weighted by molar-refractivity contribution is 0.0123. The molecule has 0 unspecified atom stereocenters. The van der Waals surface area contributed by atoms with E-state index in [0.717, 1.165) is 12.1 Å². The number of sulfone groups is 1. The van der Waals surface area contributed by atoms with Crippen molar-refractivity contribution in [2.45, 2.75) is 31.6 Å². The van der Waals surface area contributed by atoms with Crippen molar-refractivity contribution in [2.24, 2.45) is 5.16 Å². The quantitative estimate of drug-likeness (QED) is 0.836. The molecule has 1 aliphatic rings. The highest BCUT2D eigenvalue weighted by Gasteiger charge is 2.36. The van der Waals surface area contributed by atoms with Crippen LogP contribution in [0.5, 0.6) is 0 Å². The van der Waals surface area contributed by atoms with Crippen molar-refractivity contribution in [2.75, 3.05) is 0 Å². The highest BCUT2D eigenvalue weighted by Crippen LogP contribution is 2.27. The average molecular weight is 303 g/mol. The summed E-state index contributed by atoms with van der Waals surface area (Å²) in [5, 5.41) is 3.32. The summed E-state index contributed by atoms with van der Waals surface area (Å²) in [6.07, 6.45) is 0.0887. The van der Waals surface area contributed by atoms with Gasteiger partial charge in [-0.25, -0.2) is 17.2 Å². The van der Waals surface area contributed by atoms with Crippen LogP contribution in [0.3, 0.4) is 0 Å². The van der Waals surface area contributed by atoms with E-state index in [1.807, 2.05) is 0 Å². The summed E-state index contributed by atoms with van der Waals surface area (Å²) in [5.41, 5.74) is -1.19. The van der Waals surface area contributed by atoms with Gasteiger partial charge in [-0.15, -0.1) is 0 Å². The van der Waals surface area contributed by atoms with Crippen LogP contribution in [0.25, 0.3) is 0 Å². The van der Waals surface area contributed by atoms with Crippen molar-refractivity contribution in [3.05, 3.63) is 35.4 Å². The average Bonchev–Trinajstić information content (AvgIpc) is 2.65. The Hall–Kier alpha value is -1.54. The molecule has 0 amide bonds. The second kappa shape index (κ2) is 5.45. The number of hydrogen-bond donors (Lipinski definition) is 0. The van der Waals surface area contributed by atoms with Crippen LogP contribution in [0.15, 0.2) is 23.4 Å². The molecule has 0 bridgehead atoms. The first-order valence-electron chi connectivity index (χ1n) is 5.62. The van der Waals surface area contributed by atoms with E-state index in [1.54, 1.807) is 13.8 Å². The summed E-state index contributed by atoms with van der Waals surface area (Å²) in [7, 11) is -3.88. The zero-order chi connectivity index (χ0) is 14.3. The van der Waals surface area contributed by atoms with Crippen LogP contribution in [0.2, 0.25) is 0 Å². The maximum Gasteiger partial charge on any atom is 0.199 e. The Balaban J connectivity index is 0.00000200. The van der Waals surface area contributed by atoms with E-state index in [1.165, 1.54) is 6.07 Å². The zero-order valence-corrected chi connectivity index (χ0v) is 11.7. The molecule has 0 saturated carbocycles. The third-order valence-corrected chi connectivity index (χ3v) is 4.33. The second-order valence-electron chi connectivity index (χ2n) is 4.97. The van der Waals surface area contributed by atoms with Gasteiger partial charge in [0.25, 0.3) is 0 Å². The van der Waals surface area contributed by atoms with E-state index in [2.05, 4.69) is 5.16 Å². The molecule has 0 aliphatic carbocycles. The van der Waals surface area contributed by atoms with Gasteiger partial charge in [0.15, 0.2) is 14.9 Å². The van der Waals surface area contributed by atoms with Crippen LogP contribution < -0.4 is 6.15 Å². The summed E-state index contributed by atoms with van der Waals surface area (Å²) in [6.45, 7) is 3.37. The minimum Gasteiger partial charge on any atom is -0.389 e. The van der Waals surface area contributed by atoms with Crippen LogP contribution >= 0.6 is 0 Å². The fourth-order valence-corrected chi connectivity index (χ4v) is 3.25. The van der Waals surface area contributed by atoms with Gasteiger partial charge in [-0.2, -0.15) is 0 Å². The Morgan fingerprint density at radius 2 is 1.85 bits per heavy atom. The fourth-order valence-electron chi connectivity index (χ4n) is 1.71. The van der Waals surface area contributed by atoms with E-state index in [9.17, 15) is 17.2 Å². The molecule has 0 spiro atoms. The van der Waals surface area contributed by atoms with E-state index < -0.39 is 38.4 Å². The Morgan fingerprint density at radius 3 is 2.30 bits per heavy atom. The Labute approximate surface area is 116 Å². The van der Waals surface area contributed by atoms with Gasteiger partial charge in [-0.3, -0.25) is 0 Å². The lowest BCUT2D eigenvalue weighted by Crippen LogP contribution is -2.23. The lowest BCUT2D eigenvalue weighted by atomic mass is 10.1. The Kier molecular flexibility index (Phi) is 4.50. The Bertz CT molecular complexity index is 622. The van der Waals surface area contributed by atoms with Gasteiger partial charge in [0, 0.05) is 18.1 Å². The molecule has 0 N–H and O–H groups in total. The molecule has 109 valence electrons. The number of rotatable bonds is 2. The van der Waals surface area contributed by atoms with Crippen LogP contribution in [-0.4, -0.2) is 19.1 Å². The van der Waals surface area contributed by atoms with Gasteiger partial charge in [-0.05, 0) is 26.0 Å². The molecule has 1 aliphatic heterocycles. The molecule has 2 rings (SSSR count). The van der Waals surface area contributed by atoms with Crippen LogP contribution in [-0.2, 0) is 20.4 Å². The molecule has 0 saturated heterocycles. The molecule has 0 atom stereocenters. The summed E-state index contributed by atoms with van der Waals surface area (Å²) >= 11 is 0. The maximum atomic E-state index is 13.4. The highest BCUT2D eigenvalue weighted by atomic mass is 32.2. The zero-order valence-electron chi connectivity index (χ0n) is 10.9. The molecular formula is C12H13F2N2O3S. The van der Waals surface area contributed by atoms with Crippen LogP contribution in [0.1, 0.15) is 25.8 Å².